The minimum Gasteiger partial charge on any atom is -0.399 e. The number of hydrogen-bond acceptors (Lipinski definition) is 3. The highest BCUT2D eigenvalue weighted by molar-refractivity contribution is 6.42. The molecule has 2 aliphatic rings. The lowest BCUT2D eigenvalue weighted by molar-refractivity contribution is 0.149. The molecule has 0 aromatic heterocycles. The quantitative estimate of drug-likeness (QED) is 0.614. The van der Waals surface area contributed by atoms with Crippen LogP contribution in [0.25, 0.3) is 5.57 Å². The Hall–Kier alpha value is -1.03. The molecule has 3 nitrogen and oxygen atoms in total. The number of fused-ring (bicyclic) bond motifs is 2. The monoisotopic (exact) mass is 353 g/mol. The zero-order chi connectivity index (χ0) is 16.6. The van der Waals surface area contributed by atoms with Gasteiger partial charge in [0.25, 0.3) is 0 Å². The van der Waals surface area contributed by atoms with Gasteiger partial charge in [-0.2, -0.15) is 0 Å². The molecule has 0 spiro atoms. The smallest absolute Gasteiger partial charge is 0.106 e. The van der Waals surface area contributed by atoms with Crippen LogP contribution in [0.1, 0.15) is 38.2 Å². The van der Waals surface area contributed by atoms with Crippen molar-refractivity contribution in [3.8, 4) is 0 Å². The van der Waals surface area contributed by atoms with E-state index in [0.717, 1.165) is 42.5 Å². The molecule has 3 atom stereocenters. The standard InChI is InChI=1S/C18H21Cl2NO2/c1-3-16(21-23-2)18-12(6-10-7-13(18)17(22)8-10)11-4-5-14(19)15(20)9-11/h4-5,9-10,13,17,22H,3,6-8H2,1-2H3. The minimum absolute atomic E-state index is 0.132. The Bertz CT molecular complexity index is 669. The van der Waals surface area contributed by atoms with Gasteiger partial charge in [0.05, 0.1) is 21.9 Å². The van der Waals surface area contributed by atoms with Crippen molar-refractivity contribution in [2.75, 3.05) is 7.11 Å². The Morgan fingerprint density at radius 1 is 1.30 bits per heavy atom. The van der Waals surface area contributed by atoms with E-state index in [1.54, 1.807) is 7.11 Å². The summed E-state index contributed by atoms with van der Waals surface area (Å²) in [6, 6.07) is 5.74. The summed E-state index contributed by atoms with van der Waals surface area (Å²) in [6.07, 6.45) is 3.27. The van der Waals surface area contributed by atoms with Crippen LogP contribution in [0.15, 0.2) is 28.9 Å². The highest BCUT2D eigenvalue weighted by Gasteiger charge is 2.42. The van der Waals surface area contributed by atoms with Gasteiger partial charge in [-0.15, -0.1) is 0 Å². The molecule has 3 rings (SSSR count). The van der Waals surface area contributed by atoms with Crippen LogP contribution in [0.5, 0.6) is 0 Å². The molecule has 0 amide bonds. The van der Waals surface area contributed by atoms with Crippen molar-refractivity contribution < 1.29 is 9.94 Å². The molecule has 1 saturated carbocycles. The van der Waals surface area contributed by atoms with Crippen LogP contribution in [-0.4, -0.2) is 24.0 Å². The predicted molar refractivity (Wildman–Crippen MR) is 95.0 cm³/mol. The van der Waals surface area contributed by atoms with E-state index in [2.05, 4.69) is 12.1 Å². The highest BCUT2D eigenvalue weighted by atomic mass is 35.5. The summed E-state index contributed by atoms with van der Waals surface area (Å²) >= 11 is 12.3. The van der Waals surface area contributed by atoms with Crippen LogP contribution in [-0.2, 0) is 4.84 Å². The van der Waals surface area contributed by atoms with E-state index in [0.29, 0.717) is 16.0 Å². The molecule has 1 aromatic carbocycles. The zero-order valence-electron chi connectivity index (χ0n) is 13.4. The van der Waals surface area contributed by atoms with Crippen molar-refractivity contribution in [2.24, 2.45) is 17.0 Å². The molecule has 2 aliphatic carbocycles. The number of nitrogens with zero attached hydrogens (tertiary/aromatic N) is 1. The maximum absolute atomic E-state index is 10.5. The maximum atomic E-state index is 10.5. The fraction of sp³-hybridized carbons (Fsp3) is 0.500. The highest BCUT2D eigenvalue weighted by Crippen LogP contribution is 2.49. The van der Waals surface area contributed by atoms with E-state index in [1.165, 1.54) is 5.57 Å². The third-order valence-corrected chi connectivity index (χ3v) is 5.67. The van der Waals surface area contributed by atoms with Crippen molar-refractivity contribution >= 4 is 34.5 Å². The second-order valence-corrected chi connectivity index (χ2v) is 7.13. The third kappa shape index (κ3) is 3.15. The molecule has 1 fully saturated rings. The molecule has 5 heteroatoms. The van der Waals surface area contributed by atoms with Gasteiger partial charge in [0.1, 0.15) is 7.11 Å². The summed E-state index contributed by atoms with van der Waals surface area (Å²) in [4.78, 5) is 5.04. The van der Waals surface area contributed by atoms with Gasteiger partial charge in [-0.1, -0.05) is 41.3 Å². The fourth-order valence-electron chi connectivity index (χ4n) is 3.98. The second kappa shape index (κ2) is 6.84. The van der Waals surface area contributed by atoms with E-state index in [4.69, 9.17) is 28.0 Å². The van der Waals surface area contributed by atoms with Crippen LogP contribution >= 0.6 is 23.2 Å². The predicted octanol–water partition coefficient (Wildman–Crippen LogP) is 4.95. The summed E-state index contributed by atoms with van der Waals surface area (Å²) in [5, 5.41) is 15.8. The number of oxime groups is 1. The number of aliphatic hydroxyl groups is 1. The molecule has 0 heterocycles. The Labute approximate surface area is 146 Å². The van der Waals surface area contributed by atoms with Gasteiger partial charge >= 0.3 is 0 Å². The van der Waals surface area contributed by atoms with Gasteiger partial charge in [-0.05, 0) is 60.4 Å². The first-order valence-electron chi connectivity index (χ1n) is 8.02. The molecule has 2 bridgehead atoms. The first kappa shape index (κ1) is 16.8. The van der Waals surface area contributed by atoms with Crippen molar-refractivity contribution in [2.45, 2.75) is 38.7 Å². The van der Waals surface area contributed by atoms with Crippen LogP contribution in [0.3, 0.4) is 0 Å². The van der Waals surface area contributed by atoms with E-state index in [-0.39, 0.29) is 12.0 Å². The van der Waals surface area contributed by atoms with Gasteiger partial charge in [-0.25, -0.2) is 0 Å². The molecule has 1 N–H and O–H groups in total. The lowest BCUT2D eigenvalue weighted by atomic mass is 9.77. The number of halogens is 2. The van der Waals surface area contributed by atoms with Crippen molar-refractivity contribution in [3.05, 3.63) is 39.4 Å². The number of benzene rings is 1. The number of rotatable bonds is 4. The van der Waals surface area contributed by atoms with Crippen LogP contribution in [0.4, 0.5) is 0 Å². The van der Waals surface area contributed by atoms with Crippen LogP contribution in [0, 0.1) is 11.8 Å². The molecule has 0 saturated heterocycles. The summed E-state index contributed by atoms with van der Waals surface area (Å²) in [6.45, 7) is 2.06. The van der Waals surface area contributed by atoms with Crippen LogP contribution < -0.4 is 0 Å². The SMILES string of the molecule is CCC(=NOC)C1=C(c2ccc(Cl)c(Cl)c2)CC2CC(O)C1C2. The maximum Gasteiger partial charge on any atom is 0.106 e. The summed E-state index contributed by atoms with van der Waals surface area (Å²) in [7, 11) is 1.56. The van der Waals surface area contributed by atoms with E-state index in [9.17, 15) is 5.11 Å². The number of hydrogen-bond donors (Lipinski definition) is 1. The topological polar surface area (TPSA) is 41.8 Å². The first-order valence-corrected chi connectivity index (χ1v) is 8.77. The number of allylic oxidation sites excluding steroid dienone is 1. The molecule has 124 valence electrons. The Kier molecular flexibility index (Phi) is 5.00. The fourth-order valence-corrected chi connectivity index (χ4v) is 4.28. The lowest BCUT2D eigenvalue weighted by Crippen LogP contribution is -2.23. The third-order valence-electron chi connectivity index (χ3n) is 4.93. The molecule has 3 unspecified atom stereocenters. The summed E-state index contributed by atoms with van der Waals surface area (Å²) in [5.41, 5.74) is 4.33. The second-order valence-electron chi connectivity index (χ2n) is 6.31. The van der Waals surface area contributed by atoms with Gasteiger partial charge < -0.3 is 9.94 Å². The molecule has 1 aromatic rings. The minimum atomic E-state index is -0.302. The Morgan fingerprint density at radius 3 is 2.74 bits per heavy atom. The average molecular weight is 354 g/mol. The van der Waals surface area contributed by atoms with Gasteiger partial charge in [-0.3, -0.25) is 0 Å². The Balaban J connectivity index is 2.16. The molecule has 0 radical (unpaired) electrons. The van der Waals surface area contributed by atoms with Crippen molar-refractivity contribution in [1.82, 2.24) is 0 Å². The van der Waals surface area contributed by atoms with Crippen molar-refractivity contribution in [1.29, 1.82) is 0 Å². The van der Waals surface area contributed by atoms with Crippen molar-refractivity contribution in [3.63, 3.8) is 0 Å². The molecule has 23 heavy (non-hydrogen) atoms. The molecule has 0 aliphatic heterocycles. The summed E-state index contributed by atoms with van der Waals surface area (Å²) < 4.78 is 0. The zero-order valence-corrected chi connectivity index (χ0v) is 14.9. The van der Waals surface area contributed by atoms with E-state index < -0.39 is 0 Å². The van der Waals surface area contributed by atoms with Crippen LogP contribution in [0.2, 0.25) is 10.0 Å². The Morgan fingerprint density at radius 2 is 2.09 bits per heavy atom. The van der Waals surface area contributed by atoms with E-state index >= 15 is 0 Å². The van der Waals surface area contributed by atoms with Gasteiger partial charge in [0.2, 0.25) is 0 Å². The van der Waals surface area contributed by atoms with E-state index in [1.807, 2.05) is 18.2 Å². The average Bonchev–Trinajstić information content (AvgIpc) is 2.83. The van der Waals surface area contributed by atoms with Gasteiger partial charge in [0.15, 0.2) is 0 Å². The molecular formula is C18H21Cl2NO2. The summed E-state index contributed by atoms with van der Waals surface area (Å²) in [5.74, 6) is 0.649. The normalized spacial score (nSPS) is 27.5. The largest absolute Gasteiger partial charge is 0.399 e. The number of aliphatic hydroxyl groups excluding tert-OH is 1. The lowest BCUT2D eigenvalue weighted by Gasteiger charge is -2.28. The molecular weight excluding hydrogens is 333 g/mol. The van der Waals surface area contributed by atoms with Gasteiger partial charge in [0, 0.05) is 5.92 Å². The first-order chi connectivity index (χ1) is 11.0.